The Hall–Kier alpha value is -0.740. The molecule has 0 aromatic heterocycles. The molecule has 3 N–H and O–H groups in total. The van der Waals surface area contributed by atoms with Crippen LogP contribution in [0, 0.1) is 5.82 Å². The maximum Gasteiger partial charge on any atom is 0.144 e. The zero-order valence-corrected chi connectivity index (χ0v) is 7.49. The molecule has 0 saturated carbocycles. The van der Waals surface area contributed by atoms with Crippen LogP contribution in [0.25, 0.3) is 0 Å². The van der Waals surface area contributed by atoms with Gasteiger partial charge in [0.1, 0.15) is 11.6 Å². The normalized spacial score (nSPS) is 10.2. The van der Waals surface area contributed by atoms with Crippen molar-refractivity contribution in [3.05, 3.63) is 23.5 Å². The minimum Gasteiger partial charge on any atom is -0.507 e. The maximum atomic E-state index is 13.3. The minimum atomic E-state index is -0.412. The highest BCUT2D eigenvalue weighted by Crippen LogP contribution is 2.30. The van der Waals surface area contributed by atoms with Gasteiger partial charge < -0.3 is 10.8 Å². The highest BCUT2D eigenvalue weighted by atomic mass is 32.2. The van der Waals surface area contributed by atoms with E-state index >= 15 is 0 Å². The average Bonchev–Trinajstić information content (AvgIpc) is 2.06. The Balaban J connectivity index is 3.24. The molecule has 0 aliphatic heterocycles. The molecule has 2 nitrogen and oxygen atoms in total. The Labute approximate surface area is 74.6 Å². The number of thioether (sulfide) groups is 1. The zero-order valence-electron chi connectivity index (χ0n) is 6.67. The number of phenolic OH excluding ortho intramolecular Hbond substituents is 1. The molecule has 0 spiro atoms. The molecular formula is C8H10FNOS. The van der Waals surface area contributed by atoms with Crippen molar-refractivity contribution in [2.75, 3.05) is 6.26 Å². The summed E-state index contributed by atoms with van der Waals surface area (Å²) in [6.07, 6.45) is 1.71. The van der Waals surface area contributed by atoms with Crippen molar-refractivity contribution in [1.82, 2.24) is 0 Å². The molecule has 0 atom stereocenters. The van der Waals surface area contributed by atoms with Crippen molar-refractivity contribution in [3.63, 3.8) is 0 Å². The van der Waals surface area contributed by atoms with Gasteiger partial charge in [-0.15, -0.1) is 11.8 Å². The van der Waals surface area contributed by atoms with Gasteiger partial charge in [-0.1, -0.05) is 6.07 Å². The fourth-order valence-corrected chi connectivity index (χ4v) is 1.53. The molecule has 0 heterocycles. The molecule has 0 saturated heterocycles. The van der Waals surface area contributed by atoms with Gasteiger partial charge >= 0.3 is 0 Å². The van der Waals surface area contributed by atoms with Crippen LogP contribution in [0.2, 0.25) is 0 Å². The molecule has 66 valence electrons. The number of rotatable bonds is 2. The van der Waals surface area contributed by atoms with Crippen molar-refractivity contribution in [2.24, 2.45) is 5.73 Å². The van der Waals surface area contributed by atoms with E-state index in [0.29, 0.717) is 5.56 Å². The highest BCUT2D eigenvalue weighted by molar-refractivity contribution is 7.98. The Morgan fingerprint density at radius 3 is 2.75 bits per heavy atom. The predicted molar refractivity (Wildman–Crippen MR) is 47.7 cm³/mol. The third-order valence-corrected chi connectivity index (χ3v) is 2.38. The van der Waals surface area contributed by atoms with Gasteiger partial charge in [0, 0.05) is 12.1 Å². The van der Waals surface area contributed by atoms with E-state index in [1.807, 2.05) is 0 Å². The summed E-state index contributed by atoms with van der Waals surface area (Å²) in [7, 11) is 0. The molecule has 0 radical (unpaired) electrons. The van der Waals surface area contributed by atoms with Crippen LogP contribution in [-0.2, 0) is 6.54 Å². The standard InChI is InChI=1S/C8H10FNOS/c1-12-8-6(11)3-2-5(4-10)7(8)9/h2-3,11H,4,10H2,1H3. The summed E-state index contributed by atoms with van der Waals surface area (Å²) in [5, 5.41) is 9.21. The van der Waals surface area contributed by atoms with Gasteiger partial charge in [0.2, 0.25) is 0 Å². The minimum absolute atomic E-state index is 0.0304. The summed E-state index contributed by atoms with van der Waals surface area (Å²) < 4.78 is 13.3. The second-order valence-electron chi connectivity index (χ2n) is 2.30. The van der Waals surface area contributed by atoms with Crippen molar-refractivity contribution < 1.29 is 9.50 Å². The lowest BCUT2D eigenvalue weighted by Gasteiger charge is -2.05. The molecule has 0 fully saturated rings. The number of hydrogen-bond acceptors (Lipinski definition) is 3. The number of benzene rings is 1. The van der Waals surface area contributed by atoms with Gasteiger partial charge in [-0.2, -0.15) is 0 Å². The van der Waals surface area contributed by atoms with Crippen LogP contribution in [0.4, 0.5) is 4.39 Å². The van der Waals surface area contributed by atoms with Crippen LogP contribution in [0.15, 0.2) is 17.0 Å². The Kier molecular flexibility index (Phi) is 2.94. The molecule has 12 heavy (non-hydrogen) atoms. The summed E-state index contributed by atoms with van der Waals surface area (Å²) in [6.45, 7) is 0.152. The largest absolute Gasteiger partial charge is 0.507 e. The molecule has 0 amide bonds. The Morgan fingerprint density at radius 2 is 2.25 bits per heavy atom. The van der Waals surface area contributed by atoms with Crippen LogP contribution in [0.3, 0.4) is 0 Å². The van der Waals surface area contributed by atoms with E-state index < -0.39 is 5.82 Å². The highest BCUT2D eigenvalue weighted by Gasteiger charge is 2.10. The van der Waals surface area contributed by atoms with Crippen LogP contribution >= 0.6 is 11.8 Å². The summed E-state index contributed by atoms with van der Waals surface area (Å²) in [4.78, 5) is 0.262. The molecule has 0 unspecified atom stereocenters. The van der Waals surface area contributed by atoms with Gasteiger partial charge in [0.25, 0.3) is 0 Å². The van der Waals surface area contributed by atoms with Gasteiger partial charge in [0.15, 0.2) is 0 Å². The van der Waals surface area contributed by atoms with Crippen LogP contribution in [0.1, 0.15) is 5.56 Å². The molecule has 0 aliphatic carbocycles. The topological polar surface area (TPSA) is 46.2 Å². The Bertz CT molecular complexity index is 291. The quantitative estimate of drug-likeness (QED) is 0.693. The third kappa shape index (κ3) is 1.54. The lowest BCUT2D eigenvalue weighted by Crippen LogP contribution is -2.00. The first-order valence-corrected chi connectivity index (χ1v) is 4.67. The summed E-state index contributed by atoms with van der Waals surface area (Å²) in [5.41, 5.74) is 5.72. The lowest BCUT2D eigenvalue weighted by molar-refractivity contribution is 0.448. The summed E-state index contributed by atoms with van der Waals surface area (Å²) in [6, 6.07) is 2.95. The van der Waals surface area contributed by atoms with Gasteiger partial charge in [-0.05, 0) is 12.3 Å². The molecular weight excluding hydrogens is 177 g/mol. The van der Waals surface area contributed by atoms with E-state index in [2.05, 4.69) is 0 Å². The molecule has 1 aromatic rings. The zero-order chi connectivity index (χ0) is 9.14. The van der Waals surface area contributed by atoms with Crippen molar-refractivity contribution in [2.45, 2.75) is 11.4 Å². The smallest absolute Gasteiger partial charge is 0.144 e. The number of aromatic hydroxyl groups is 1. The molecule has 0 bridgehead atoms. The number of nitrogens with two attached hydrogens (primary N) is 1. The molecule has 0 aliphatic rings. The first kappa shape index (κ1) is 9.35. The van der Waals surface area contributed by atoms with Crippen molar-refractivity contribution >= 4 is 11.8 Å². The molecule has 1 rings (SSSR count). The average molecular weight is 187 g/mol. The lowest BCUT2D eigenvalue weighted by atomic mass is 10.2. The summed E-state index contributed by atoms with van der Waals surface area (Å²) in [5.74, 6) is -0.442. The number of hydrogen-bond donors (Lipinski definition) is 2. The first-order valence-electron chi connectivity index (χ1n) is 3.45. The predicted octanol–water partition coefficient (Wildman–Crippen LogP) is 1.71. The number of phenols is 1. The first-order chi connectivity index (χ1) is 5.70. The maximum absolute atomic E-state index is 13.3. The van der Waals surface area contributed by atoms with Crippen LogP contribution in [0.5, 0.6) is 5.75 Å². The van der Waals surface area contributed by atoms with E-state index in [9.17, 15) is 9.50 Å². The fourth-order valence-electron chi connectivity index (χ4n) is 0.938. The fraction of sp³-hybridized carbons (Fsp3) is 0.250. The SMILES string of the molecule is CSc1c(O)ccc(CN)c1F. The second kappa shape index (κ2) is 3.78. The molecule has 1 aromatic carbocycles. The van der Waals surface area contributed by atoms with E-state index in [1.165, 1.54) is 23.9 Å². The monoisotopic (exact) mass is 187 g/mol. The van der Waals surface area contributed by atoms with Crippen LogP contribution in [-0.4, -0.2) is 11.4 Å². The summed E-state index contributed by atoms with van der Waals surface area (Å²) >= 11 is 1.17. The van der Waals surface area contributed by atoms with E-state index in [-0.39, 0.29) is 17.2 Å². The van der Waals surface area contributed by atoms with Gasteiger partial charge in [-0.25, -0.2) is 4.39 Å². The molecule has 4 heteroatoms. The third-order valence-electron chi connectivity index (χ3n) is 1.58. The van der Waals surface area contributed by atoms with Crippen LogP contribution < -0.4 is 5.73 Å². The number of halogens is 1. The van der Waals surface area contributed by atoms with Crippen molar-refractivity contribution in [1.29, 1.82) is 0 Å². The second-order valence-corrected chi connectivity index (χ2v) is 3.11. The van der Waals surface area contributed by atoms with Gasteiger partial charge in [0.05, 0.1) is 4.90 Å². The van der Waals surface area contributed by atoms with Gasteiger partial charge in [-0.3, -0.25) is 0 Å². The van der Waals surface area contributed by atoms with E-state index in [4.69, 9.17) is 5.73 Å². The van der Waals surface area contributed by atoms with E-state index in [1.54, 1.807) is 6.26 Å². The van der Waals surface area contributed by atoms with Crippen molar-refractivity contribution in [3.8, 4) is 5.75 Å². The van der Waals surface area contributed by atoms with E-state index in [0.717, 1.165) is 0 Å². The Morgan fingerprint density at radius 1 is 1.58 bits per heavy atom.